The summed E-state index contributed by atoms with van der Waals surface area (Å²) >= 11 is 0. The van der Waals surface area contributed by atoms with Crippen LogP contribution in [0, 0.1) is 0 Å². The zero-order valence-corrected chi connectivity index (χ0v) is 27.6. The maximum Gasteiger partial charge on any atom is 0.180 e. The number of para-hydroxylation sites is 3. The molecule has 0 amide bonds. The molecule has 5 heteroatoms. The number of fused-ring (bicyclic) bond motifs is 9. The third-order valence-electron chi connectivity index (χ3n) is 10.5. The first kappa shape index (κ1) is 28.2. The van der Waals surface area contributed by atoms with Crippen LogP contribution in [0.25, 0.3) is 72.2 Å². The molecule has 51 heavy (non-hydrogen) atoms. The van der Waals surface area contributed by atoms with Gasteiger partial charge in [-0.15, -0.1) is 0 Å². The minimum absolute atomic E-state index is 0.241. The summed E-state index contributed by atoms with van der Waals surface area (Å²) in [5.74, 6) is 0.923. The summed E-state index contributed by atoms with van der Waals surface area (Å²) in [6, 6.07) is 53.2. The van der Waals surface area contributed by atoms with Gasteiger partial charge in [-0.2, -0.15) is 0 Å². The van der Waals surface area contributed by atoms with Crippen LogP contribution in [0.2, 0.25) is 0 Å². The highest BCUT2D eigenvalue weighted by molar-refractivity contribution is 6.18. The number of anilines is 2. The lowest BCUT2D eigenvalue weighted by molar-refractivity contribution is 0.668. The van der Waals surface area contributed by atoms with Crippen LogP contribution >= 0.6 is 0 Å². The number of aromatic nitrogens is 3. The van der Waals surface area contributed by atoms with Crippen LogP contribution in [0.1, 0.15) is 17.9 Å². The number of rotatable bonds is 4. The van der Waals surface area contributed by atoms with E-state index in [2.05, 4.69) is 137 Å². The minimum atomic E-state index is 0.241. The van der Waals surface area contributed by atoms with Gasteiger partial charge >= 0.3 is 0 Å². The van der Waals surface area contributed by atoms with E-state index in [-0.39, 0.29) is 5.92 Å². The predicted octanol–water partition coefficient (Wildman–Crippen LogP) is 11.9. The van der Waals surface area contributed by atoms with Gasteiger partial charge in [-0.05, 0) is 54.1 Å². The molecule has 11 rings (SSSR count). The third-order valence-corrected chi connectivity index (χ3v) is 10.5. The van der Waals surface area contributed by atoms with Gasteiger partial charge in [0.1, 0.15) is 16.8 Å². The van der Waals surface area contributed by atoms with Crippen molar-refractivity contribution in [1.82, 2.24) is 14.5 Å². The Morgan fingerprint density at radius 1 is 0.588 bits per heavy atom. The molecule has 0 N–H and O–H groups in total. The number of nitrogens with zero attached hydrogens (tertiary/aromatic N) is 4. The molecule has 4 heterocycles. The van der Waals surface area contributed by atoms with Gasteiger partial charge in [-0.3, -0.25) is 0 Å². The lowest BCUT2D eigenvalue weighted by Gasteiger charge is -2.27. The van der Waals surface area contributed by atoms with Gasteiger partial charge in [-0.25, -0.2) is 9.97 Å². The Hall–Kier alpha value is -6.72. The quantitative estimate of drug-likeness (QED) is 0.189. The highest BCUT2D eigenvalue weighted by Crippen LogP contribution is 2.53. The summed E-state index contributed by atoms with van der Waals surface area (Å²) in [7, 11) is 0. The van der Waals surface area contributed by atoms with Gasteiger partial charge in [-0.1, -0.05) is 115 Å². The molecule has 0 saturated heterocycles. The van der Waals surface area contributed by atoms with Crippen LogP contribution in [0.3, 0.4) is 0 Å². The van der Waals surface area contributed by atoms with Crippen LogP contribution < -0.4 is 4.90 Å². The van der Waals surface area contributed by atoms with Gasteiger partial charge in [0, 0.05) is 62.4 Å². The number of furan rings is 1. The van der Waals surface area contributed by atoms with Crippen LogP contribution in [-0.2, 0) is 0 Å². The fourth-order valence-electron chi connectivity index (χ4n) is 8.26. The smallest absolute Gasteiger partial charge is 0.180 e. The van der Waals surface area contributed by atoms with E-state index in [1.165, 1.54) is 39.2 Å². The molecule has 240 valence electrons. The summed E-state index contributed by atoms with van der Waals surface area (Å²) in [6.07, 6.45) is 5.53. The number of allylic oxidation sites excluding steroid dienone is 4. The summed E-state index contributed by atoms with van der Waals surface area (Å²) in [5, 5.41) is 3.33. The van der Waals surface area contributed by atoms with Gasteiger partial charge in [0.15, 0.2) is 11.4 Å². The average Bonchev–Trinajstić information content (AvgIpc) is 3.84. The highest BCUT2D eigenvalue weighted by Gasteiger charge is 2.37. The fraction of sp³-hybridized carbons (Fsp3) is 0.0435. The molecule has 1 atom stereocenters. The van der Waals surface area contributed by atoms with E-state index in [4.69, 9.17) is 14.4 Å². The summed E-state index contributed by atoms with van der Waals surface area (Å²) < 4.78 is 9.19. The monoisotopic (exact) mass is 654 g/mol. The molecule has 2 aliphatic rings. The van der Waals surface area contributed by atoms with E-state index in [9.17, 15) is 0 Å². The maximum atomic E-state index is 6.73. The molecule has 1 aliphatic carbocycles. The molecule has 0 radical (unpaired) electrons. The second-order valence-corrected chi connectivity index (χ2v) is 13.4. The van der Waals surface area contributed by atoms with Crippen molar-refractivity contribution in [3.05, 3.63) is 175 Å². The second kappa shape index (κ2) is 10.9. The maximum absolute atomic E-state index is 6.73. The van der Waals surface area contributed by atoms with Crippen molar-refractivity contribution >= 4 is 60.9 Å². The lowest BCUT2D eigenvalue weighted by Crippen LogP contribution is -2.16. The molecule has 0 bridgehead atoms. The van der Waals surface area contributed by atoms with Crippen molar-refractivity contribution in [2.75, 3.05) is 4.90 Å². The molecule has 0 spiro atoms. The SMILES string of the molecule is C1=C2C(CC(n3c4ccccc4c4cc5oc6c(-c7ccccc7)nc(-c7ccccc7)nc6c5cc43)=C1)c1ccccc1N2c1ccccc1. The molecule has 1 aliphatic heterocycles. The van der Waals surface area contributed by atoms with Crippen molar-refractivity contribution in [3.63, 3.8) is 0 Å². The van der Waals surface area contributed by atoms with Gasteiger partial charge in [0.05, 0.1) is 11.0 Å². The van der Waals surface area contributed by atoms with Crippen LogP contribution in [-0.4, -0.2) is 14.5 Å². The van der Waals surface area contributed by atoms with Crippen LogP contribution in [0.15, 0.2) is 174 Å². The number of benzene rings is 6. The Kier molecular flexibility index (Phi) is 6.01. The topological polar surface area (TPSA) is 47.1 Å². The third kappa shape index (κ3) is 4.21. The molecular weight excluding hydrogens is 625 g/mol. The Morgan fingerprint density at radius 3 is 2.12 bits per heavy atom. The first-order valence-electron chi connectivity index (χ1n) is 17.4. The van der Waals surface area contributed by atoms with E-state index in [1.54, 1.807) is 0 Å². The Labute approximate surface area is 294 Å². The zero-order chi connectivity index (χ0) is 33.5. The molecule has 0 saturated carbocycles. The molecule has 6 aromatic carbocycles. The van der Waals surface area contributed by atoms with Gasteiger partial charge < -0.3 is 13.9 Å². The highest BCUT2D eigenvalue weighted by atomic mass is 16.3. The van der Waals surface area contributed by atoms with Gasteiger partial charge in [0.2, 0.25) is 0 Å². The summed E-state index contributed by atoms with van der Waals surface area (Å²) in [5.41, 5.74) is 13.8. The molecule has 3 aromatic heterocycles. The van der Waals surface area contributed by atoms with E-state index >= 15 is 0 Å². The van der Waals surface area contributed by atoms with E-state index in [0.29, 0.717) is 11.4 Å². The van der Waals surface area contributed by atoms with Crippen molar-refractivity contribution < 1.29 is 4.42 Å². The predicted molar refractivity (Wildman–Crippen MR) is 208 cm³/mol. The molecule has 0 fully saturated rings. The molecule has 5 nitrogen and oxygen atoms in total. The summed E-state index contributed by atoms with van der Waals surface area (Å²) in [6.45, 7) is 0. The summed E-state index contributed by atoms with van der Waals surface area (Å²) in [4.78, 5) is 12.7. The number of hydrogen-bond donors (Lipinski definition) is 0. The molecule has 9 aromatic rings. The van der Waals surface area contributed by atoms with Gasteiger partial charge in [0.25, 0.3) is 0 Å². The fourth-order valence-corrected chi connectivity index (χ4v) is 8.26. The average molecular weight is 655 g/mol. The Morgan fingerprint density at radius 2 is 1.29 bits per heavy atom. The van der Waals surface area contributed by atoms with E-state index in [1.807, 2.05) is 36.4 Å². The number of hydrogen-bond acceptors (Lipinski definition) is 4. The first-order chi connectivity index (χ1) is 25.3. The van der Waals surface area contributed by atoms with Crippen LogP contribution in [0.4, 0.5) is 11.4 Å². The van der Waals surface area contributed by atoms with E-state index < -0.39 is 0 Å². The lowest BCUT2D eigenvalue weighted by atomic mass is 9.90. The molecule has 1 unspecified atom stereocenters. The van der Waals surface area contributed by atoms with Crippen molar-refractivity contribution in [2.24, 2.45) is 0 Å². The minimum Gasteiger partial charge on any atom is -0.452 e. The standard InChI is InChI=1S/C46H30N4O/c1-4-14-29(15-5-1)43-45-44(48-46(47-43)30-16-6-2-7-17-30)37-27-41-36(28-42(37)51-45)34-21-11-13-23-39(34)50(41)32-24-25-40-35(26-32)33-20-10-12-22-38(33)49(40)31-18-8-3-9-19-31/h1-25,27-28,35H,26H2. The van der Waals surface area contributed by atoms with Crippen LogP contribution in [0.5, 0.6) is 0 Å². The largest absolute Gasteiger partial charge is 0.452 e. The van der Waals surface area contributed by atoms with Crippen molar-refractivity contribution in [1.29, 1.82) is 0 Å². The van der Waals surface area contributed by atoms with E-state index in [0.717, 1.165) is 50.6 Å². The Balaban J connectivity index is 1.15. The second-order valence-electron chi connectivity index (χ2n) is 13.4. The normalized spacial score (nSPS) is 15.4. The van der Waals surface area contributed by atoms with Crippen molar-refractivity contribution in [3.8, 4) is 22.6 Å². The zero-order valence-electron chi connectivity index (χ0n) is 27.6. The van der Waals surface area contributed by atoms with Crippen molar-refractivity contribution in [2.45, 2.75) is 12.3 Å². The molecular formula is C46H30N4O. The first-order valence-corrected chi connectivity index (χ1v) is 17.4. The Bertz CT molecular complexity index is 2880.